The van der Waals surface area contributed by atoms with Crippen LogP contribution in [0.1, 0.15) is 15.7 Å². The fraction of sp³-hybridized carbons (Fsp3) is 0.600. The molecule has 4 unspecified atom stereocenters. The van der Waals surface area contributed by atoms with Gasteiger partial charge < -0.3 is 20.4 Å². The van der Waals surface area contributed by atoms with Crippen molar-refractivity contribution >= 4 is 23.9 Å². The summed E-state index contributed by atoms with van der Waals surface area (Å²) < 4.78 is 0. The summed E-state index contributed by atoms with van der Waals surface area (Å²) in [5, 5.41) is 35.5. The molecule has 0 amide bonds. The fourth-order valence-electron chi connectivity index (χ4n) is 2.30. The van der Waals surface area contributed by atoms with Crippen LogP contribution in [0.5, 0.6) is 0 Å². The first-order chi connectivity index (χ1) is 8.25. The largest absolute Gasteiger partial charge is 0.481 e. The lowest BCUT2D eigenvalue weighted by Crippen LogP contribution is -2.44. The van der Waals surface area contributed by atoms with E-state index >= 15 is 0 Å². The van der Waals surface area contributed by atoms with E-state index in [1.807, 2.05) is 0 Å². The summed E-state index contributed by atoms with van der Waals surface area (Å²) in [6.07, 6.45) is -0.975. The van der Waals surface area contributed by atoms with Crippen molar-refractivity contribution in [1.82, 2.24) is 0 Å². The lowest BCUT2D eigenvalue weighted by Gasteiger charge is -2.33. The van der Waals surface area contributed by atoms with Crippen LogP contribution in [0.2, 0.25) is 0 Å². The zero-order valence-electron chi connectivity index (χ0n) is 9.15. The molecule has 0 aliphatic heterocycles. The minimum absolute atomic E-state index is 0. The summed E-state index contributed by atoms with van der Waals surface area (Å²) in [5.41, 5.74) is 0. The van der Waals surface area contributed by atoms with E-state index < -0.39 is 60.4 Å². The first-order valence-electron chi connectivity index (χ1n) is 5.17. The highest BCUT2D eigenvalue weighted by Gasteiger charge is 2.49. The Labute approximate surface area is 104 Å². The molecular weight excluding hydrogens is 248 g/mol. The van der Waals surface area contributed by atoms with Crippen molar-refractivity contribution in [2.75, 3.05) is 0 Å². The molecule has 4 atom stereocenters. The van der Waals surface area contributed by atoms with Crippen LogP contribution in [-0.2, 0) is 19.2 Å². The predicted octanol–water partition coefficient (Wildman–Crippen LogP) is 0.0754. The summed E-state index contributed by atoms with van der Waals surface area (Å²) >= 11 is 0. The van der Waals surface area contributed by atoms with Gasteiger partial charge in [-0.2, -0.15) is 0 Å². The van der Waals surface area contributed by atoms with Gasteiger partial charge >= 0.3 is 23.9 Å². The van der Waals surface area contributed by atoms with Gasteiger partial charge in [-0.05, 0) is 12.8 Å². The summed E-state index contributed by atoms with van der Waals surface area (Å²) in [7, 11) is 0. The third-order valence-electron chi connectivity index (χ3n) is 3.26. The van der Waals surface area contributed by atoms with Crippen molar-refractivity contribution < 1.29 is 42.5 Å². The van der Waals surface area contributed by atoms with Crippen molar-refractivity contribution in [1.29, 1.82) is 0 Å². The maximum absolute atomic E-state index is 10.9. The van der Waals surface area contributed by atoms with Gasteiger partial charge in [0.25, 0.3) is 0 Å². The molecular formula is C10H16O8. The monoisotopic (exact) mass is 264 g/mol. The maximum atomic E-state index is 10.9. The molecule has 1 aliphatic rings. The van der Waals surface area contributed by atoms with Crippen LogP contribution in [0.25, 0.3) is 0 Å². The molecule has 4 N–H and O–H groups in total. The molecule has 8 nitrogen and oxygen atoms in total. The number of rotatable bonds is 4. The minimum atomic E-state index is -1.42. The number of hydrogen-bond donors (Lipinski definition) is 4. The van der Waals surface area contributed by atoms with Crippen molar-refractivity contribution in [2.24, 2.45) is 23.7 Å². The van der Waals surface area contributed by atoms with Gasteiger partial charge in [-0.15, -0.1) is 0 Å². The summed E-state index contributed by atoms with van der Waals surface area (Å²) in [4.78, 5) is 43.6. The van der Waals surface area contributed by atoms with E-state index in [0.29, 0.717) is 0 Å². The van der Waals surface area contributed by atoms with Crippen LogP contribution in [0.15, 0.2) is 0 Å². The molecule has 0 aromatic rings. The second-order valence-corrected chi connectivity index (χ2v) is 4.25. The predicted molar refractivity (Wildman–Crippen MR) is 58.0 cm³/mol. The van der Waals surface area contributed by atoms with Crippen molar-refractivity contribution in [3.63, 3.8) is 0 Å². The molecule has 0 aromatic carbocycles. The SMILES string of the molecule is O=C(O)C1CC(C(=O)O)C(C(=O)O)CC1C(=O)O.[HH].[HH]. The van der Waals surface area contributed by atoms with Crippen LogP contribution in [-0.4, -0.2) is 44.3 Å². The number of carboxylic acid groups (broad SMARTS) is 4. The quantitative estimate of drug-likeness (QED) is 0.557. The van der Waals surface area contributed by atoms with Gasteiger partial charge in [-0.25, -0.2) is 0 Å². The minimum Gasteiger partial charge on any atom is -0.481 e. The maximum Gasteiger partial charge on any atom is 0.307 e. The number of carboxylic acids is 4. The smallest absolute Gasteiger partial charge is 0.307 e. The second kappa shape index (κ2) is 5.03. The normalized spacial score (nSPS) is 31.6. The molecule has 1 saturated carbocycles. The molecule has 0 heterocycles. The Kier molecular flexibility index (Phi) is 3.89. The van der Waals surface area contributed by atoms with Crippen molar-refractivity contribution in [3.8, 4) is 0 Å². The molecule has 0 radical (unpaired) electrons. The summed E-state index contributed by atoms with van der Waals surface area (Å²) in [6, 6.07) is 0. The average molecular weight is 264 g/mol. The van der Waals surface area contributed by atoms with Gasteiger partial charge in [0.05, 0.1) is 23.7 Å². The lowest BCUT2D eigenvalue weighted by atomic mass is 9.68. The Bertz CT molecular complexity index is 336. The highest BCUT2D eigenvalue weighted by atomic mass is 16.4. The third kappa shape index (κ3) is 2.58. The molecule has 1 aliphatic carbocycles. The Morgan fingerprint density at radius 1 is 0.611 bits per heavy atom. The molecule has 8 heteroatoms. The van der Waals surface area contributed by atoms with Gasteiger partial charge in [0.15, 0.2) is 0 Å². The summed E-state index contributed by atoms with van der Waals surface area (Å²) in [5.74, 6) is -11.2. The van der Waals surface area contributed by atoms with Crippen LogP contribution in [0, 0.1) is 23.7 Å². The molecule has 0 bridgehead atoms. The van der Waals surface area contributed by atoms with Crippen LogP contribution in [0.4, 0.5) is 0 Å². The number of aliphatic carboxylic acids is 4. The number of hydrogen-bond acceptors (Lipinski definition) is 4. The Hall–Kier alpha value is -2.12. The van der Waals surface area contributed by atoms with Crippen LogP contribution in [0.3, 0.4) is 0 Å². The first kappa shape index (κ1) is 13.9. The average Bonchev–Trinajstić information content (AvgIpc) is 2.26. The van der Waals surface area contributed by atoms with E-state index in [2.05, 4.69) is 0 Å². The van der Waals surface area contributed by atoms with Gasteiger partial charge in [0.2, 0.25) is 0 Å². The Morgan fingerprint density at radius 3 is 0.889 bits per heavy atom. The Balaban J connectivity index is 0. The second-order valence-electron chi connectivity index (χ2n) is 4.25. The van der Waals surface area contributed by atoms with E-state index in [0.717, 1.165) is 0 Å². The summed E-state index contributed by atoms with van der Waals surface area (Å²) in [6.45, 7) is 0. The van der Waals surface area contributed by atoms with Crippen molar-refractivity contribution in [2.45, 2.75) is 12.8 Å². The molecule has 0 spiro atoms. The van der Waals surface area contributed by atoms with Gasteiger partial charge in [-0.3, -0.25) is 19.2 Å². The standard InChI is InChI=1S/C10H12O8.2H2/c11-7(12)3-1-4(8(13)14)6(10(17)18)2-5(3)9(15)16;;/h3-6H,1-2H2,(H,11,12)(H,13,14)(H,15,16)(H,17,18);2*1H. The lowest BCUT2D eigenvalue weighted by molar-refractivity contribution is -0.167. The topological polar surface area (TPSA) is 149 Å². The third-order valence-corrected chi connectivity index (χ3v) is 3.26. The van der Waals surface area contributed by atoms with Crippen LogP contribution < -0.4 is 0 Å². The van der Waals surface area contributed by atoms with Gasteiger partial charge in [-0.1, -0.05) is 0 Å². The zero-order valence-corrected chi connectivity index (χ0v) is 9.15. The van der Waals surface area contributed by atoms with E-state index in [4.69, 9.17) is 20.4 Å². The van der Waals surface area contributed by atoms with E-state index in [9.17, 15) is 19.2 Å². The Morgan fingerprint density at radius 2 is 0.778 bits per heavy atom. The van der Waals surface area contributed by atoms with E-state index in [1.165, 1.54) is 0 Å². The van der Waals surface area contributed by atoms with E-state index in [-0.39, 0.29) is 2.85 Å². The number of carbonyl (C=O) groups is 4. The molecule has 104 valence electrons. The highest BCUT2D eigenvalue weighted by molar-refractivity contribution is 5.85. The van der Waals surface area contributed by atoms with E-state index in [1.54, 1.807) is 0 Å². The van der Waals surface area contributed by atoms with Crippen LogP contribution >= 0.6 is 0 Å². The first-order valence-corrected chi connectivity index (χ1v) is 5.17. The van der Waals surface area contributed by atoms with Crippen molar-refractivity contribution in [3.05, 3.63) is 0 Å². The fourth-order valence-corrected chi connectivity index (χ4v) is 2.30. The van der Waals surface area contributed by atoms with Gasteiger partial charge in [0, 0.05) is 2.85 Å². The molecule has 0 saturated heterocycles. The highest BCUT2D eigenvalue weighted by Crippen LogP contribution is 2.38. The zero-order chi connectivity index (χ0) is 14.0. The molecule has 1 rings (SSSR count). The molecule has 18 heavy (non-hydrogen) atoms. The molecule has 1 fully saturated rings. The molecule has 0 aromatic heterocycles. The van der Waals surface area contributed by atoms with Gasteiger partial charge in [0.1, 0.15) is 0 Å².